The Kier molecular flexibility index (Phi) is 4.14. The number of thiophene rings is 1. The highest BCUT2D eigenvalue weighted by atomic mass is 32.1. The minimum atomic E-state index is 0.128. The lowest BCUT2D eigenvalue weighted by molar-refractivity contribution is 0.553. The minimum Gasteiger partial charge on any atom is -0.271 e. The second kappa shape index (κ2) is 6.03. The summed E-state index contributed by atoms with van der Waals surface area (Å²) in [5, 5.41) is 8.12. The van der Waals surface area contributed by atoms with Crippen molar-refractivity contribution in [3.63, 3.8) is 0 Å². The van der Waals surface area contributed by atoms with Crippen LogP contribution in [0.4, 0.5) is 0 Å². The van der Waals surface area contributed by atoms with Crippen molar-refractivity contribution >= 4 is 11.3 Å². The van der Waals surface area contributed by atoms with Gasteiger partial charge in [-0.1, -0.05) is 11.6 Å². The fourth-order valence-electron chi connectivity index (χ4n) is 2.80. The molecule has 108 valence electrons. The SMILES string of the molecule is Cn1cc(CC(NN)c2cc3c(s2)CCCCC3)nn1. The van der Waals surface area contributed by atoms with Gasteiger partial charge in [-0.2, -0.15) is 0 Å². The van der Waals surface area contributed by atoms with E-state index in [2.05, 4.69) is 21.8 Å². The highest BCUT2D eigenvalue weighted by Gasteiger charge is 2.19. The van der Waals surface area contributed by atoms with E-state index in [0.29, 0.717) is 0 Å². The van der Waals surface area contributed by atoms with E-state index in [-0.39, 0.29) is 6.04 Å². The summed E-state index contributed by atoms with van der Waals surface area (Å²) in [7, 11) is 1.88. The van der Waals surface area contributed by atoms with E-state index < -0.39 is 0 Å². The van der Waals surface area contributed by atoms with Crippen molar-refractivity contribution in [2.75, 3.05) is 0 Å². The highest BCUT2D eigenvalue weighted by Crippen LogP contribution is 2.33. The summed E-state index contributed by atoms with van der Waals surface area (Å²) in [4.78, 5) is 2.88. The average molecular weight is 291 g/mol. The molecule has 0 fully saturated rings. The summed E-state index contributed by atoms with van der Waals surface area (Å²) in [5.74, 6) is 5.75. The van der Waals surface area contributed by atoms with Crippen LogP contribution in [0, 0.1) is 0 Å². The molecule has 20 heavy (non-hydrogen) atoms. The molecule has 0 saturated carbocycles. The lowest BCUT2D eigenvalue weighted by Crippen LogP contribution is -2.29. The number of aromatic nitrogens is 3. The largest absolute Gasteiger partial charge is 0.271 e. The summed E-state index contributed by atoms with van der Waals surface area (Å²) in [6.07, 6.45) is 9.16. The molecule has 0 saturated heterocycles. The van der Waals surface area contributed by atoms with Crippen LogP contribution in [0.3, 0.4) is 0 Å². The smallest absolute Gasteiger partial charge is 0.0846 e. The van der Waals surface area contributed by atoms with E-state index in [4.69, 9.17) is 5.84 Å². The maximum absolute atomic E-state index is 5.75. The fourth-order valence-corrected chi connectivity index (χ4v) is 4.12. The Bertz CT molecular complexity index is 550. The van der Waals surface area contributed by atoms with E-state index in [1.807, 2.05) is 24.6 Å². The summed E-state index contributed by atoms with van der Waals surface area (Å²) in [5.41, 5.74) is 5.44. The van der Waals surface area contributed by atoms with Gasteiger partial charge in [0.25, 0.3) is 0 Å². The van der Waals surface area contributed by atoms with Crippen molar-refractivity contribution in [1.29, 1.82) is 0 Å². The maximum Gasteiger partial charge on any atom is 0.0846 e. The monoisotopic (exact) mass is 291 g/mol. The topological polar surface area (TPSA) is 68.8 Å². The molecule has 0 spiro atoms. The predicted octanol–water partition coefficient (Wildman–Crippen LogP) is 1.89. The van der Waals surface area contributed by atoms with Gasteiger partial charge in [0.15, 0.2) is 0 Å². The second-order valence-electron chi connectivity index (χ2n) is 5.46. The zero-order chi connectivity index (χ0) is 13.9. The van der Waals surface area contributed by atoms with Gasteiger partial charge >= 0.3 is 0 Å². The number of hydrazine groups is 1. The first-order chi connectivity index (χ1) is 9.76. The molecule has 2 heterocycles. The van der Waals surface area contributed by atoms with Gasteiger partial charge in [0.1, 0.15) is 0 Å². The van der Waals surface area contributed by atoms with E-state index in [1.165, 1.54) is 42.5 Å². The third-order valence-electron chi connectivity index (χ3n) is 3.87. The van der Waals surface area contributed by atoms with Gasteiger partial charge in [-0.3, -0.25) is 16.0 Å². The summed E-state index contributed by atoms with van der Waals surface area (Å²) < 4.78 is 1.73. The van der Waals surface area contributed by atoms with Crippen LogP contribution < -0.4 is 11.3 Å². The van der Waals surface area contributed by atoms with Gasteiger partial charge in [-0.15, -0.1) is 16.4 Å². The molecule has 1 unspecified atom stereocenters. The van der Waals surface area contributed by atoms with Crippen LogP contribution in [0.25, 0.3) is 0 Å². The number of nitrogens with one attached hydrogen (secondary N) is 1. The molecule has 0 radical (unpaired) electrons. The normalized spacial score (nSPS) is 16.7. The quantitative estimate of drug-likeness (QED) is 0.513. The molecular formula is C14H21N5S. The molecule has 6 heteroatoms. The Balaban J connectivity index is 1.79. The number of hydrogen-bond acceptors (Lipinski definition) is 5. The van der Waals surface area contributed by atoms with Gasteiger partial charge in [0.05, 0.1) is 11.7 Å². The van der Waals surface area contributed by atoms with Gasteiger partial charge in [-0.05, 0) is 37.3 Å². The Morgan fingerprint density at radius 1 is 1.40 bits per heavy atom. The molecule has 0 aliphatic heterocycles. The molecule has 3 rings (SSSR count). The van der Waals surface area contributed by atoms with E-state index in [9.17, 15) is 0 Å². The van der Waals surface area contributed by atoms with Gasteiger partial charge in [0.2, 0.25) is 0 Å². The third kappa shape index (κ3) is 2.92. The number of nitrogens with two attached hydrogens (primary N) is 1. The molecule has 2 aromatic rings. The van der Waals surface area contributed by atoms with Gasteiger partial charge < -0.3 is 0 Å². The molecule has 0 aromatic carbocycles. The Labute approximate surface area is 123 Å². The van der Waals surface area contributed by atoms with Crippen LogP contribution in [0.2, 0.25) is 0 Å². The Morgan fingerprint density at radius 2 is 2.25 bits per heavy atom. The lowest BCUT2D eigenvalue weighted by Gasteiger charge is -2.12. The van der Waals surface area contributed by atoms with Crippen LogP contribution in [0.15, 0.2) is 12.3 Å². The van der Waals surface area contributed by atoms with E-state index in [1.54, 1.807) is 9.56 Å². The number of fused-ring (bicyclic) bond motifs is 1. The fraction of sp³-hybridized carbons (Fsp3) is 0.571. The second-order valence-corrected chi connectivity index (χ2v) is 6.63. The number of nitrogens with zero attached hydrogens (tertiary/aromatic N) is 3. The maximum atomic E-state index is 5.75. The molecule has 1 aliphatic rings. The molecule has 2 aromatic heterocycles. The number of rotatable bonds is 4. The standard InChI is InChI=1S/C14H21N5S/c1-19-9-11(17-18-19)8-12(16-15)14-7-10-5-3-2-4-6-13(10)20-14/h7,9,12,16H,2-6,8,15H2,1H3. The van der Waals surface area contributed by atoms with Crippen molar-refractivity contribution in [3.8, 4) is 0 Å². The zero-order valence-electron chi connectivity index (χ0n) is 11.8. The molecule has 0 bridgehead atoms. The predicted molar refractivity (Wildman–Crippen MR) is 80.3 cm³/mol. The Morgan fingerprint density at radius 3 is 3.00 bits per heavy atom. The van der Waals surface area contributed by atoms with Gasteiger partial charge in [-0.25, -0.2) is 0 Å². The molecular weight excluding hydrogens is 270 g/mol. The minimum absolute atomic E-state index is 0.128. The number of hydrogen-bond donors (Lipinski definition) is 2. The summed E-state index contributed by atoms with van der Waals surface area (Å²) >= 11 is 1.91. The zero-order valence-corrected chi connectivity index (χ0v) is 12.6. The Hall–Kier alpha value is -1.24. The van der Waals surface area contributed by atoms with Crippen molar-refractivity contribution in [1.82, 2.24) is 20.4 Å². The molecule has 1 atom stereocenters. The van der Waals surface area contributed by atoms with Crippen LogP contribution in [-0.4, -0.2) is 15.0 Å². The van der Waals surface area contributed by atoms with Crippen LogP contribution in [0.1, 0.15) is 46.3 Å². The van der Waals surface area contributed by atoms with Crippen LogP contribution >= 0.6 is 11.3 Å². The highest BCUT2D eigenvalue weighted by molar-refractivity contribution is 7.12. The van der Waals surface area contributed by atoms with Crippen molar-refractivity contribution in [3.05, 3.63) is 33.3 Å². The van der Waals surface area contributed by atoms with Crippen LogP contribution in [-0.2, 0) is 26.3 Å². The van der Waals surface area contributed by atoms with Crippen molar-refractivity contribution in [2.45, 2.75) is 44.6 Å². The summed E-state index contributed by atoms with van der Waals surface area (Å²) in [6.45, 7) is 0. The van der Waals surface area contributed by atoms with E-state index >= 15 is 0 Å². The van der Waals surface area contributed by atoms with E-state index in [0.717, 1.165) is 12.1 Å². The van der Waals surface area contributed by atoms with Crippen LogP contribution in [0.5, 0.6) is 0 Å². The third-order valence-corrected chi connectivity index (χ3v) is 5.22. The van der Waals surface area contributed by atoms with Gasteiger partial charge in [0, 0.05) is 29.4 Å². The molecule has 1 aliphatic carbocycles. The lowest BCUT2D eigenvalue weighted by atomic mass is 10.1. The average Bonchev–Trinajstić information content (AvgIpc) is 2.97. The van der Waals surface area contributed by atoms with Crippen molar-refractivity contribution in [2.24, 2.45) is 12.9 Å². The van der Waals surface area contributed by atoms with Crippen molar-refractivity contribution < 1.29 is 0 Å². The first-order valence-corrected chi connectivity index (χ1v) is 8.00. The molecule has 0 amide bonds. The summed E-state index contributed by atoms with van der Waals surface area (Å²) in [6, 6.07) is 2.47. The molecule has 3 N–H and O–H groups in total. The first-order valence-electron chi connectivity index (χ1n) is 7.19. The number of aryl methyl sites for hydroxylation is 3. The first kappa shape index (κ1) is 13.7. The molecule has 5 nitrogen and oxygen atoms in total.